The number of benzene rings is 1. The molecule has 2 aromatic heterocycles. The molecular weight excluding hydrogens is 356 g/mol. The molecule has 146 valence electrons. The van der Waals surface area contributed by atoms with Crippen LogP contribution in [-0.2, 0) is 13.1 Å². The van der Waals surface area contributed by atoms with Gasteiger partial charge in [0.05, 0.1) is 14.2 Å². The molecule has 8 heteroatoms. The number of methoxy groups -OCH3 is 2. The third-order valence-electron chi connectivity index (χ3n) is 4.17. The van der Waals surface area contributed by atoms with Gasteiger partial charge in [-0.25, -0.2) is 9.67 Å². The predicted molar refractivity (Wildman–Crippen MR) is 108 cm³/mol. The zero-order chi connectivity index (χ0) is 19.8. The van der Waals surface area contributed by atoms with E-state index in [4.69, 9.17) is 9.47 Å². The van der Waals surface area contributed by atoms with Crippen LogP contribution in [0.2, 0.25) is 0 Å². The van der Waals surface area contributed by atoms with E-state index in [2.05, 4.69) is 25.7 Å². The fourth-order valence-electron chi connectivity index (χ4n) is 2.68. The summed E-state index contributed by atoms with van der Waals surface area (Å²) in [5, 5.41) is 10.8. The minimum absolute atomic E-state index is 0.571. The van der Waals surface area contributed by atoms with Gasteiger partial charge in [0.1, 0.15) is 11.5 Å². The second-order valence-electron chi connectivity index (χ2n) is 5.93. The predicted octanol–water partition coefficient (Wildman–Crippen LogP) is 2.15. The van der Waals surface area contributed by atoms with Crippen LogP contribution in [0.25, 0.3) is 5.82 Å². The molecule has 0 aliphatic rings. The number of pyridine rings is 1. The van der Waals surface area contributed by atoms with Crippen LogP contribution in [0.4, 0.5) is 0 Å². The van der Waals surface area contributed by atoms with Gasteiger partial charge in [-0.15, -0.1) is 0 Å². The van der Waals surface area contributed by atoms with Gasteiger partial charge >= 0.3 is 0 Å². The molecule has 3 aromatic rings. The Labute approximate surface area is 164 Å². The molecule has 0 bridgehead atoms. The Morgan fingerprint density at radius 3 is 2.64 bits per heavy atom. The first kappa shape index (κ1) is 19.2. The molecule has 0 saturated carbocycles. The van der Waals surface area contributed by atoms with Crippen LogP contribution >= 0.6 is 0 Å². The maximum Gasteiger partial charge on any atom is 0.191 e. The number of nitrogens with zero attached hydrogens (tertiary/aromatic N) is 4. The Bertz CT molecular complexity index is 924. The smallest absolute Gasteiger partial charge is 0.191 e. The summed E-state index contributed by atoms with van der Waals surface area (Å²) in [5.41, 5.74) is 2.08. The number of guanidine groups is 1. The molecular formula is C20H24N6O2. The highest BCUT2D eigenvalue weighted by Gasteiger charge is 2.07. The highest BCUT2D eigenvalue weighted by atomic mass is 16.5. The Morgan fingerprint density at radius 1 is 1.07 bits per heavy atom. The molecule has 8 nitrogen and oxygen atoms in total. The first-order chi connectivity index (χ1) is 13.7. The molecule has 28 heavy (non-hydrogen) atoms. The number of hydrogen-bond donors (Lipinski definition) is 2. The van der Waals surface area contributed by atoms with Crippen LogP contribution in [0.1, 0.15) is 11.1 Å². The molecule has 0 radical (unpaired) electrons. The van der Waals surface area contributed by atoms with Crippen LogP contribution in [0.15, 0.2) is 60.0 Å². The SMILES string of the molecule is CN=C(NCc1ccnc(-n2cccn2)c1)NCc1ccc(OC)cc1OC. The minimum Gasteiger partial charge on any atom is -0.497 e. The van der Waals surface area contributed by atoms with Gasteiger partial charge in [0.15, 0.2) is 11.8 Å². The molecule has 2 heterocycles. The molecule has 0 saturated heterocycles. The average molecular weight is 380 g/mol. The lowest BCUT2D eigenvalue weighted by Gasteiger charge is -2.14. The van der Waals surface area contributed by atoms with Crippen LogP contribution < -0.4 is 20.1 Å². The topological polar surface area (TPSA) is 85.6 Å². The van der Waals surface area contributed by atoms with Gasteiger partial charge in [0.25, 0.3) is 0 Å². The standard InChI is InChI=1S/C20H24N6O2/c1-21-20(24-14-16-5-6-17(27-2)12-18(16)28-3)23-13-15-7-9-22-19(11-15)26-10-4-8-25-26/h4-12H,13-14H2,1-3H3,(H2,21,23,24). The number of rotatable bonds is 7. The third kappa shape index (κ3) is 4.79. The lowest BCUT2D eigenvalue weighted by molar-refractivity contribution is 0.390. The van der Waals surface area contributed by atoms with Gasteiger partial charge in [-0.3, -0.25) is 4.99 Å². The van der Waals surface area contributed by atoms with E-state index in [1.165, 1.54) is 0 Å². The van der Waals surface area contributed by atoms with Crippen molar-refractivity contribution in [3.8, 4) is 17.3 Å². The zero-order valence-electron chi connectivity index (χ0n) is 16.2. The van der Waals surface area contributed by atoms with Crippen LogP contribution in [0.3, 0.4) is 0 Å². The summed E-state index contributed by atoms with van der Waals surface area (Å²) in [6, 6.07) is 11.5. The number of hydrogen-bond acceptors (Lipinski definition) is 5. The fourth-order valence-corrected chi connectivity index (χ4v) is 2.68. The van der Waals surface area contributed by atoms with Crippen molar-refractivity contribution in [1.29, 1.82) is 0 Å². The van der Waals surface area contributed by atoms with Gasteiger partial charge in [0, 0.05) is 50.4 Å². The second-order valence-corrected chi connectivity index (χ2v) is 5.93. The Hall–Kier alpha value is -3.55. The molecule has 0 unspecified atom stereocenters. The average Bonchev–Trinajstić information content (AvgIpc) is 3.29. The second kappa shape index (κ2) is 9.40. The van der Waals surface area contributed by atoms with Crippen molar-refractivity contribution in [2.75, 3.05) is 21.3 Å². The van der Waals surface area contributed by atoms with E-state index >= 15 is 0 Å². The molecule has 0 spiro atoms. The van der Waals surface area contributed by atoms with Gasteiger partial charge in [0.2, 0.25) is 0 Å². The van der Waals surface area contributed by atoms with E-state index < -0.39 is 0 Å². The van der Waals surface area contributed by atoms with Gasteiger partial charge in [-0.05, 0) is 35.9 Å². The van der Waals surface area contributed by atoms with Gasteiger partial charge in [-0.2, -0.15) is 5.10 Å². The molecule has 0 amide bonds. The maximum absolute atomic E-state index is 5.44. The first-order valence-corrected chi connectivity index (χ1v) is 8.84. The zero-order valence-corrected chi connectivity index (χ0v) is 16.2. The summed E-state index contributed by atoms with van der Waals surface area (Å²) >= 11 is 0. The number of ether oxygens (including phenoxy) is 2. The van der Waals surface area contributed by atoms with Crippen molar-refractivity contribution in [2.24, 2.45) is 4.99 Å². The largest absolute Gasteiger partial charge is 0.497 e. The monoisotopic (exact) mass is 380 g/mol. The first-order valence-electron chi connectivity index (χ1n) is 8.84. The van der Waals surface area contributed by atoms with Gasteiger partial charge in [-0.1, -0.05) is 0 Å². The van der Waals surface area contributed by atoms with E-state index in [0.717, 1.165) is 28.4 Å². The van der Waals surface area contributed by atoms with Crippen LogP contribution in [0.5, 0.6) is 11.5 Å². The molecule has 1 aromatic carbocycles. The highest BCUT2D eigenvalue weighted by molar-refractivity contribution is 5.79. The van der Waals surface area contributed by atoms with Crippen molar-refractivity contribution >= 4 is 5.96 Å². The fraction of sp³-hybridized carbons (Fsp3) is 0.250. The Balaban J connectivity index is 1.59. The number of aromatic nitrogens is 3. The van der Waals surface area contributed by atoms with Crippen molar-refractivity contribution in [3.05, 3.63) is 66.1 Å². The molecule has 2 N–H and O–H groups in total. The van der Waals surface area contributed by atoms with Crippen molar-refractivity contribution in [1.82, 2.24) is 25.4 Å². The van der Waals surface area contributed by atoms with Crippen LogP contribution in [0, 0.1) is 0 Å². The van der Waals surface area contributed by atoms with Crippen molar-refractivity contribution in [2.45, 2.75) is 13.1 Å². The van der Waals surface area contributed by atoms with Crippen LogP contribution in [-0.4, -0.2) is 42.0 Å². The number of aliphatic imine (C=N–C) groups is 1. The third-order valence-corrected chi connectivity index (χ3v) is 4.17. The Morgan fingerprint density at radius 2 is 1.93 bits per heavy atom. The minimum atomic E-state index is 0.571. The summed E-state index contributed by atoms with van der Waals surface area (Å²) in [6.45, 7) is 1.18. The quantitative estimate of drug-likeness (QED) is 0.483. The summed E-state index contributed by atoms with van der Waals surface area (Å²) < 4.78 is 12.4. The molecule has 0 fully saturated rings. The molecule has 0 aliphatic carbocycles. The van der Waals surface area contributed by atoms with E-state index in [0.29, 0.717) is 19.0 Å². The summed E-state index contributed by atoms with van der Waals surface area (Å²) in [7, 11) is 5.02. The normalized spacial score (nSPS) is 11.2. The Kier molecular flexibility index (Phi) is 6.46. The van der Waals surface area contributed by atoms with Crippen molar-refractivity contribution in [3.63, 3.8) is 0 Å². The van der Waals surface area contributed by atoms with E-state index in [1.54, 1.807) is 38.3 Å². The lowest BCUT2D eigenvalue weighted by Crippen LogP contribution is -2.36. The van der Waals surface area contributed by atoms with Gasteiger partial charge < -0.3 is 20.1 Å². The number of nitrogens with one attached hydrogen (secondary N) is 2. The molecule has 3 rings (SSSR count). The summed E-state index contributed by atoms with van der Waals surface area (Å²) in [5.74, 6) is 2.99. The van der Waals surface area contributed by atoms with E-state index in [1.807, 2.05) is 42.6 Å². The van der Waals surface area contributed by atoms with E-state index in [9.17, 15) is 0 Å². The van der Waals surface area contributed by atoms with E-state index in [-0.39, 0.29) is 0 Å². The van der Waals surface area contributed by atoms with Crippen molar-refractivity contribution < 1.29 is 9.47 Å². The maximum atomic E-state index is 5.44. The lowest BCUT2D eigenvalue weighted by atomic mass is 10.2. The molecule has 0 aliphatic heterocycles. The highest BCUT2D eigenvalue weighted by Crippen LogP contribution is 2.24. The summed E-state index contributed by atoms with van der Waals surface area (Å²) in [4.78, 5) is 8.62. The summed E-state index contributed by atoms with van der Waals surface area (Å²) in [6.07, 6.45) is 5.36. The molecule has 0 atom stereocenters.